The van der Waals surface area contributed by atoms with E-state index >= 15 is 0 Å². The Hall–Kier alpha value is -4.46. The Bertz CT molecular complexity index is 1700. The lowest BCUT2D eigenvalue weighted by Crippen LogP contribution is -2.46. The summed E-state index contributed by atoms with van der Waals surface area (Å²) in [5, 5.41) is 19.1. The Labute approximate surface area is 250 Å². The van der Waals surface area contributed by atoms with Gasteiger partial charge in [0.05, 0.1) is 47.4 Å². The fourth-order valence-corrected chi connectivity index (χ4v) is 6.47. The molecule has 10 nitrogen and oxygen atoms in total. The average Bonchev–Trinajstić information content (AvgIpc) is 3.18. The second-order valence-corrected chi connectivity index (χ2v) is 11.6. The molecule has 3 aliphatic rings. The van der Waals surface area contributed by atoms with Crippen LogP contribution in [0.2, 0.25) is 0 Å². The second-order valence-electron chi connectivity index (χ2n) is 11.6. The first-order valence-corrected chi connectivity index (χ1v) is 15.1. The van der Waals surface area contributed by atoms with Crippen molar-refractivity contribution in [3.63, 3.8) is 0 Å². The molecule has 0 spiro atoms. The number of hydrogen-bond donors (Lipinski definition) is 1. The average molecular weight is 578 g/mol. The maximum absolute atomic E-state index is 11.6. The smallest absolute Gasteiger partial charge is 0.335 e. The van der Waals surface area contributed by atoms with Crippen LogP contribution in [0.25, 0.3) is 11.0 Å². The Kier molecular flexibility index (Phi) is 7.43. The molecule has 0 radical (unpaired) electrons. The number of hydrogen-bond acceptors (Lipinski definition) is 8. The van der Waals surface area contributed by atoms with E-state index in [-0.39, 0.29) is 11.7 Å². The zero-order valence-corrected chi connectivity index (χ0v) is 24.2. The van der Waals surface area contributed by atoms with E-state index in [4.69, 9.17) is 14.7 Å². The van der Waals surface area contributed by atoms with Crippen molar-refractivity contribution < 1.29 is 14.6 Å². The first kappa shape index (κ1) is 27.4. The van der Waals surface area contributed by atoms with E-state index in [2.05, 4.69) is 49.6 Å². The fourth-order valence-electron chi connectivity index (χ4n) is 6.47. The van der Waals surface area contributed by atoms with E-state index < -0.39 is 5.97 Å². The molecule has 2 saturated heterocycles. The third kappa shape index (κ3) is 5.54. The summed E-state index contributed by atoms with van der Waals surface area (Å²) in [6, 6.07) is 19.9. The molecule has 1 atom stereocenters. The Morgan fingerprint density at radius 1 is 0.953 bits per heavy atom. The molecule has 0 amide bonds. The summed E-state index contributed by atoms with van der Waals surface area (Å²) in [5.74, 6) is 1.99. The lowest BCUT2D eigenvalue weighted by atomic mass is 9.98. The van der Waals surface area contributed by atoms with Crippen LogP contribution in [0.15, 0.2) is 54.6 Å². The summed E-state index contributed by atoms with van der Waals surface area (Å²) in [6.45, 7) is 7.37. The SMILES string of the molecule is N#Cc1cccc2c1CCN(c1cccc(N3CCN(Cc4nc5ccc(C(=O)O)cc5n4C[C@@H]4CCO4)CC3)n1)CC2. The van der Waals surface area contributed by atoms with Crippen LogP contribution in [0.5, 0.6) is 0 Å². The molecule has 5 heterocycles. The molecule has 2 aromatic carbocycles. The quantitative estimate of drug-likeness (QED) is 0.351. The number of fused-ring (bicyclic) bond motifs is 2. The number of nitrogens with zero attached hydrogens (tertiary/aromatic N) is 7. The highest BCUT2D eigenvalue weighted by molar-refractivity contribution is 5.92. The fraction of sp³-hybridized carbons (Fsp3) is 0.394. The summed E-state index contributed by atoms with van der Waals surface area (Å²) >= 11 is 0. The van der Waals surface area contributed by atoms with Gasteiger partial charge in [0.1, 0.15) is 17.5 Å². The van der Waals surface area contributed by atoms with Crippen molar-refractivity contribution in [2.24, 2.45) is 0 Å². The number of aromatic nitrogens is 3. The third-order valence-corrected chi connectivity index (χ3v) is 9.04. The molecule has 10 heteroatoms. The standard InChI is InChI=1S/C33H35N7O3/c34-20-25-4-1-3-23-9-12-38(13-10-27(23)25)30-5-2-6-31(36-30)39-16-14-37(15-17-39)22-32-35-28-8-7-24(33(41)42)19-29(28)40(32)21-26-11-18-43-26/h1-8,19,26H,9-18,21-22H2,(H,41,42)/t26-/m0/s1. The molecule has 3 aliphatic heterocycles. The summed E-state index contributed by atoms with van der Waals surface area (Å²) < 4.78 is 7.87. The number of rotatable bonds is 7. The molecule has 0 bridgehead atoms. The van der Waals surface area contributed by atoms with Gasteiger partial charge in [-0.2, -0.15) is 5.26 Å². The van der Waals surface area contributed by atoms with Crippen LogP contribution in [0.4, 0.5) is 11.6 Å². The highest BCUT2D eigenvalue weighted by Crippen LogP contribution is 2.26. The molecule has 43 heavy (non-hydrogen) atoms. The van der Waals surface area contributed by atoms with Crippen molar-refractivity contribution in [3.05, 3.63) is 82.7 Å². The minimum absolute atomic E-state index is 0.145. The van der Waals surface area contributed by atoms with Crippen molar-refractivity contribution in [1.82, 2.24) is 19.4 Å². The molecule has 2 fully saturated rings. The molecular weight excluding hydrogens is 542 g/mol. The molecule has 220 valence electrons. The zero-order valence-electron chi connectivity index (χ0n) is 24.2. The number of piperazine rings is 1. The van der Waals surface area contributed by atoms with Gasteiger partial charge in [-0.1, -0.05) is 18.2 Å². The van der Waals surface area contributed by atoms with Gasteiger partial charge < -0.3 is 24.2 Å². The number of nitriles is 1. The first-order valence-electron chi connectivity index (χ1n) is 15.1. The van der Waals surface area contributed by atoms with Crippen molar-refractivity contribution in [2.75, 3.05) is 55.7 Å². The maximum Gasteiger partial charge on any atom is 0.335 e. The zero-order chi connectivity index (χ0) is 29.3. The van der Waals surface area contributed by atoms with E-state index in [0.717, 1.165) is 99.2 Å². The van der Waals surface area contributed by atoms with Crippen LogP contribution >= 0.6 is 0 Å². The highest BCUT2D eigenvalue weighted by Gasteiger charge is 2.25. The molecular formula is C33H35N7O3. The van der Waals surface area contributed by atoms with Gasteiger partial charge in [0.15, 0.2) is 0 Å². The van der Waals surface area contributed by atoms with Gasteiger partial charge in [-0.15, -0.1) is 0 Å². The van der Waals surface area contributed by atoms with Crippen LogP contribution in [0, 0.1) is 11.3 Å². The number of benzene rings is 2. The largest absolute Gasteiger partial charge is 0.478 e. The predicted octanol–water partition coefficient (Wildman–Crippen LogP) is 3.72. The van der Waals surface area contributed by atoms with Crippen LogP contribution in [-0.4, -0.2) is 82.5 Å². The Morgan fingerprint density at radius 2 is 1.70 bits per heavy atom. The van der Waals surface area contributed by atoms with Gasteiger partial charge in [-0.3, -0.25) is 4.90 Å². The van der Waals surface area contributed by atoms with Crippen LogP contribution in [0.3, 0.4) is 0 Å². The number of imidazole rings is 1. The van der Waals surface area contributed by atoms with E-state index in [1.807, 2.05) is 18.2 Å². The minimum Gasteiger partial charge on any atom is -0.478 e. The summed E-state index contributed by atoms with van der Waals surface area (Å²) in [5.41, 5.74) is 5.18. The number of aromatic carboxylic acids is 1. The number of anilines is 2. The van der Waals surface area contributed by atoms with E-state index in [9.17, 15) is 15.2 Å². The first-order chi connectivity index (χ1) is 21.1. The molecule has 0 aliphatic carbocycles. The van der Waals surface area contributed by atoms with E-state index in [1.165, 1.54) is 11.1 Å². The minimum atomic E-state index is -0.932. The lowest BCUT2D eigenvalue weighted by Gasteiger charge is -2.36. The van der Waals surface area contributed by atoms with Gasteiger partial charge in [0, 0.05) is 45.9 Å². The number of ether oxygens (including phenoxy) is 1. The van der Waals surface area contributed by atoms with Gasteiger partial charge in [-0.25, -0.2) is 14.8 Å². The van der Waals surface area contributed by atoms with Crippen molar-refractivity contribution in [1.29, 1.82) is 5.26 Å². The van der Waals surface area contributed by atoms with Crippen molar-refractivity contribution in [3.8, 4) is 6.07 Å². The molecule has 0 unspecified atom stereocenters. The molecule has 0 saturated carbocycles. The lowest BCUT2D eigenvalue weighted by molar-refractivity contribution is -0.0592. The number of carboxylic acid groups (broad SMARTS) is 1. The summed E-state index contributed by atoms with van der Waals surface area (Å²) in [6.07, 6.45) is 2.91. The number of carboxylic acids is 1. The predicted molar refractivity (Wildman–Crippen MR) is 164 cm³/mol. The molecule has 7 rings (SSSR count). The maximum atomic E-state index is 11.6. The van der Waals surface area contributed by atoms with Gasteiger partial charge >= 0.3 is 5.97 Å². The normalized spacial score (nSPS) is 19.0. The Balaban J connectivity index is 1.02. The second kappa shape index (κ2) is 11.7. The van der Waals surface area contributed by atoms with Crippen molar-refractivity contribution >= 4 is 28.6 Å². The van der Waals surface area contributed by atoms with E-state index in [0.29, 0.717) is 13.1 Å². The third-order valence-electron chi connectivity index (χ3n) is 9.04. The summed E-state index contributed by atoms with van der Waals surface area (Å²) in [7, 11) is 0. The van der Waals surface area contributed by atoms with Crippen molar-refractivity contribution in [2.45, 2.75) is 38.5 Å². The summed E-state index contributed by atoms with van der Waals surface area (Å²) in [4.78, 5) is 28.7. The topological polar surface area (TPSA) is 111 Å². The molecule has 4 aromatic rings. The van der Waals surface area contributed by atoms with E-state index in [1.54, 1.807) is 12.1 Å². The van der Waals surface area contributed by atoms with Crippen LogP contribution < -0.4 is 9.80 Å². The Morgan fingerprint density at radius 3 is 2.42 bits per heavy atom. The monoisotopic (exact) mass is 577 g/mol. The number of pyridine rings is 1. The van der Waals surface area contributed by atoms with Gasteiger partial charge in [-0.05, 0) is 66.8 Å². The van der Waals surface area contributed by atoms with Gasteiger partial charge in [0.25, 0.3) is 0 Å². The van der Waals surface area contributed by atoms with Crippen LogP contribution in [0.1, 0.15) is 39.3 Å². The molecule has 1 N–H and O–H groups in total. The number of carbonyl (C=O) groups is 1. The van der Waals surface area contributed by atoms with Crippen LogP contribution in [-0.2, 0) is 30.7 Å². The molecule has 2 aromatic heterocycles. The highest BCUT2D eigenvalue weighted by atomic mass is 16.5. The van der Waals surface area contributed by atoms with Gasteiger partial charge in [0.2, 0.25) is 0 Å².